The van der Waals surface area contributed by atoms with Crippen molar-refractivity contribution in [3.63, 3.8) is 0 Å². The van der Waals surface area contributed by atoms with Crippen molar-refractivity contribution in [2.45, 2.75) is 26.2 Å². The lowest BCUT2D eigenvalue weighted by atomic mass is 10.1. The van der Waals surface area contributed by atoms with Gasteiger partial charge in [-0.05, 0) is 19.3 Å². The minimum Gasteiger partial charge on any atom is -0.465 e. The number of rotatable bonds is 0. The molecule has 3 nitrogen and oxygen atoms in total. The highest BCUT2D eigenvalue weighted by Gasteiger charge is 2.13. The van der Waals surface area contributed by atoms with E-state index in [-0.39, 0.29) is 0 Å². The molecule has 1 aliphatic heterocycles. The van der Waals surface area contributed by atoms with Crippen LogP contribution in [0, 0.1) is 0 Å². The van der Waals surface area contributed by atoms with E-state index >= 15 is 0 Å². The Morgan fingerprint density at radius 2 is 1.83 bits per heavy atom. The average molecular weight is 194 g/mol. The molecule has 1 aliphatic rings. The number of carbonyl (C=O) groups is 1. The van der Waals surface area contributed by atoms with E-state index in [1.54, 1.807) is 0 Å². The third-order valence-electron chi connectivity index (χ3n) is 1.63. The minimum absolute atomic E-state index is 0.722. The van der Waals surface area contributed by atoms with E-state index in [4.69, 9.17) is 16.7 Å². The van der Waals surface area contributed by atoms with Crippen molar-refractivity contribution >= 4 is 17.7 Å². The van der Waals surface area contributed by atoms with Crippen molar-refractivity contribution in [1.82, 2.24) is 4.90 Å². The van der Waals surface area contributed by atoms with Crippen LogP contribution in [0.5, 0.6) is 0 Å². The van der Waals surface area contributed by atoms with Gasteiger partial charge < -0.3 is 10.0 Å². The van der Waals surface area contributed by atoms with Gasteiger partial charge in [0.1, 0.15) is 0 Å². The molecule has 12 heavy (non-hydrogen) atoms. The Labute approximate surface area is 78.3 Å². The summed E-state index contributed by atoms with van der Waals surface area (Å²) in [7, 11) is 0. The number of hydrogen-bond donors (Lipinski definition) is 1. The maximum atomic E-state index is 10.3. The zero-order chi connectivity index (χ0) is 9.40. The minimum atomic E-state index is -0.769. The first-order valence-electron chi connectivity index (χ1n) is 4.26. The summed E-state index contributed by atoms with van der Waals surface area (Å²) in [4.78, 5) is 11.8. The van der Waals surface area contributed by atoms with Crippen molar-refractivity contribution in [1.29, 1.82) is 0 Å². The first-order valence-corrected chi connectivity index (χ1v) is 4.79. The van der Waals surface area contributed by atoms with E-state index in [0.29, 0.717) is 0 Å². The van der Waals surface area contributed by atoms with Gasteiger partial charge in [0, 0.05) is 19.0 Å². The van der Waals surface area contributed by atoms with Gasteiger partial charge in [-0.2, -0.15) is 0 Å². The van der Waals surface area contributed by atoms with Gasteiger partial charge in [0.05, 0.1) is 0 Å². The van der Waals surface area contributed by atoms with E-state index in [0.717, 1.165) is 31.8 Å². The normalized spacial score (nSPS) is 16.3. The molecular weight excluding hydrogens is 178 g/mol. The summed E-state index contributed by atoms with van der Waals surface area (Å²) in [6, 6.07) is 0. The van der Waals surface area contributed by atoms with Crippen molar-refractivity contribution in [2.24, 2.45) is 0 Å². The van der Waals surface area contributed by atoms with Crippen LogP contribution in [0.2, 0.25) is 0 Å². The molecular formula is C8H16ClNO2. The van der Waals surface area contributed by atoms with Gasteiger partial charge in [0.15, 0.2) is 0 Å². The predicted molar refractivity (Wildman–Crippen MR) is 49.8 cm³/mol. The smallest absolute Gasteiger partial charge is 0.407 e. The molecule has 0 aliphatic carbocycles. The first-order chi connectivity index (χ1) is 5.72. The van der Waals surface area contributed by atoms with Gasteiger partial charge >= 0.3 is 6.09 Å². The first kappa shape index (κ1) is 11.6. The standard InChI is InChI=1S/C6H11NO2.C2H5Cl/c8-6(9)7-4-2-1-3-5-7;1-2-3/h1-5H2,(H,8,9);2H2,1H3. The highest BCUT2D eigenvalue weighted by atomic mass is 35.5. The van der Waals surface area contributed by atoms with E-state index in [1.807, 2.05) is 6.92 Å². The second kappa shape index (κ2) is 7.22. The molecule has 1 N–H and O–H groups in total. The zero-order valence-electron chi connectivity index (χ0n) is 7.42. The maximum Gasteiger partial charge on any atom is 0.407 e. The molecule has 1 amide bonds. The van der Waals surface area contributed by atoms with E-state index < -0.39 is 6.09 Å². The summed E-state index contributed by atoms with van der Waals surface area (Å²) in [6.07, 6.45) is 2.48. The number of piperidine rings is 1. The van der Waals surface area contributed by atoms with Gasteiger partial charge in [-0.3, -0.25) is 0 Å². The van der Waals surface area contributed by atoms with E-state index in [1.165, 1.54) is 11.3 Å². The van der Waals surface area contributed by atoms with Crippen molar-refractivity contribution in [3.05, 3.63) is 0 Å². The molecule has 0 unspecified atom stereocenters. The second-order valence-electron chi connectivity index (χ2n) is 2.60. The van der Waals surface area contributed by atoms with Crippen LogP contribution in [-0.2, 0) is 0 Å². The Hall–Kier alpha value is -0.440. The van der Waals surface area contributed by atoms with E-state index in [2.05, 4.69) is 0 Å². The lowest BCUT2D eigenvalue weighted by Gasteiger charge is -2.22. The maximum absolute atomic E-state index is 10.3. The van der Waals surface area contributed by atoms with Crippen molar-refractivity contribution in [3.8, 4) is 0 Å². The molecule has 0 saturated carbocycles. The molecule has 1 rings (SSSR count). The Kier molecular flexibility index (Phi) is 6.96. The fourth-order valence-electron chi connectivity index (χ4n) is 1.09. The quantitative estimate of drug-likeness (QED) is 0.601. The lowest BCUT2D eigenvalue weighted by Crippen LogP contribution is -2.34. The van der Waals surface area contributed by atoms with Crippen LogP contribution in [0.3, 0.4) is 0 Å². The molecule has 72 valence electrons. The topological polar surface area (TPSA) is 40.5 Å². The van der Waals surface area contributed by atoms with Crippen LogP contribution in [0.1, 0.15) is 26.2 Å². The molecule has 0 atom stereocenters. The Bertz CT molecular complexity index is 124. The largest absolute Gasteiger partial charge is 0.465 e. The third kappa shape index (κ3) is 5.24. The summed E-state index contributed by atoms with van der Waals surface area (Å²) in [5.74, 6) is 0.722. The van der Waals surface area contributed by atoms with Gasteiger partial charge in [-0.25, -0.2) is 4.79 Å². The molecule has 0 aromatic carbocycles. The summed E-state index contributed by atoms with van der Waals surface area (Å²) < 4.78 is 0. The van der Waals surface area contributed by atoms with Crippen molar-refractivity contribution < 1.29 is 9.90 Å². The SMILES string of the molecule is CCCl.O=C(O)N1CCCCC1. The zero-order valence-corrected chi connectivity index (χ0v) is 8.18. The van der Waals surface area contributed by atoms with Gasteiger partial charge in [0.25, 0.3) is 0 Å². The van der Waals surface area contributed by atoms with Crippen LogP contribution in [-0.4, -0.2) is 35.1 Å². The molecule has 0 aromatic rings. The number of alkyl halides is 1. The fraction of sp³-hybridized carbons (Fsp3) is 0.875. The molecule has 1 fully saturated rings. The molecule has 1 heterocycles. The van der Waals surface area contributed by atoms with E-state index in [9.17, 15) is 4.79 Å². The summed E-state index contributed by atoms with van der Waals surface area (Å²) in [6.45, 7) is 3.35. The molecule has 1 saturated heterocycles. The van der Waals surface area contributed by atoms with Crippen LogP contribution < -0.4 is 0 Å². The van der Waals surface area contributed by atoms with Gasteiger partial charge in [-0.15, -0.1) is 11.6 Å². The number of amides is 1. The summed E-state index contributed by atoms with van der Waals surface area (Å²) in [5, 5.41) is 8.46. The van der Waals surface area contributed by atoms with Gasteiger partial charge in [0.2, 0.25) is 0 Å². The van der Waals surface area contributed by atoms with Crippen LogP contribution in [0.15, 0.2) is 0 Å². The summed E-state index contributed by atoms with van der Waals surface area (Å²) >= 11 is 5.00. The monoisotopic (exact) mass is 193 g/mol. The Morgan fingerprint density at radius 3 is 2.08 bits per heavy atom. The molecule has 0 aromatic heterocycles. The Balaban J connectivity index is 0.000000354. The average Bonchev–Trinajstić information content (AvgIpc) is 2.07. The molecule has 0 radical (unpaired) electrons. The highest BCUT2D eigenvalue weighted by molar-refractivity contribution is 6.17. The second-order valence-corrected chi connectivity index (χ2v) is 3.13. The highest BCUT2D eigenvalue weighted by Crippen LogP contribution is 2.07. The van der Waals surface area contributed by atoms with Crippen LogP contribution in [0.4, 0.5) is 4.79 Å². The van der Waals surface area contributed by atoms with Crippen LogP contribution >= 0.6 is 11.6 Å². The lowest BCUT2D eigenvalue weighted by molar-refractivity contribution is 0.136. The molecule has 4 heteroatoms. The summed E-state index contributed by atoms with van der Waals surface area (Å²) in [5.41, 5.74) is 0. The number of carboxylic acid groups (broad SMARTS) is 1. The number of likely N-dealkylation sites (tertiary alicyclic amines) is 1. The van der Waals surface area contributed by atoms with Gasteiger partial charge in [-0.1, -0.05) is 6.92 Å². The number of halogens is 1. The fourth-order valence-corrected chi connectivity index (χ4v) is 1.09. The number of nitrogens with zero attached hydrogens (tertiary/aromatic N) is 1. The Morgan fingerprint density at radius 1 is 1.42 bits per heavy atom. The number of hydrogen-bond acceptors (Lipinski definition) is 1. The molecule has 0 spiro atoms. The predicted octanol–water partition coefficient (Wildman–Crippen LogP) is 2.40. The van der Waals surface area contributed by atoms with Crippen molar-refractivity contribution in [2.75, 3.05) is 19.0 Å². The van der Waals surface area contributed by atoms with Crippen LogP contribution in [0.25, 0.3) is 0 Å². The molecule has 0 bridgehead atoms. The third-order valence-corrected chi connectivity index (χ3v) is 1.63.